The molecule has 10 heteroatoms. The van der Waals surface area contributed by atoms with Crippen LogP contribution < -0.4 is 20.5 Å². The maximum atomic E-state index is 12.8. The number of pyridine rings is 1. The molecule has 0 aliphatic heterocycles. The van der Waals surface area contributed by atoms with E-state index in [1.165, 1.54) is 0 Å². The van der Waals surface area contributed by atoms with E-state index in [4.69, 9.17) is 16.3 Å². The highest BCUT2D eigenvalue weighted by molar-refractivity contribution is 9.10. The number of ether oxygens (including phenoxy) is 1. The number of hydrogen-bond donors (Lipinski definition) is 3. The van der Waals surface area contributed by atoms with Crippen LogP contribution >= 0.6 is 27.5 Å². The molecule has 4 aromatic rings. The van der Waals surface area contributed by atoms with E-state index in [9.17, 15) is 14.4 Å². The van der Waals surface area contributed by atoms with Crippen LogP contribution in [0.2, 0.25) is 5.02 Å². The number of aromatic nitrogens is 1. The Balaban J connectivity index is 1.26. The molecule has 0 aliphatic carbocycles. The molecule has 212 valence electrons. The summed E-state index contributed by atoms with van der Waals surface area (Å²) in [6.45, 7) is 4.46. The highest BCUT2D eigenvalue weighted by atomic mass is 79.9. The van der Waals surface area contributed by atoms with Crippen molar-refractivity contribution in [1.29, 1.82) is 0 Å². The molecule has 1 atom stereocenters. The van der Waals surface area contributed by atoms with E-state index in [2.05, 4.69) is 38.8 Å². The third-order valence-electron chi connectivity index (χ3n) is 6.24. The maximum Gasteiger partial charge on any atom is 0.413 e. The Morgan fingerprint density at radius 3 is 2.56 bits per heavy atom. The van der Waals surface area contributed by atoms with Crippen molar-refractivity contribution in [2.45, 2.75) is 45.9 Å². The molecule has 1 heterocycles. The van der Waals surface area contributed by atoms with Gasteiger partial charge >= 0.3 is 6.09 Å². The summed E-state index contributed by atoms with van der Waals surface area (Å²) >= 11 is 9.91. The molecule has 0 aliphatic rings. The number of hydrogen-bond acceptors (Lipinski definition) is 4. The van der Waals surface area contributed by atoms with Crippen molar-refractivity contribution >= 4 is 67.6 Å². The second-order valence-electron chi connectivity index (χ2n) is 9.51. The fourth-order valence-corrected chi connectivity index (χ4v) is 5.14. The standard InChI is InChI=1S/C31H30BrClN4O4/c1-3-15-37-18-23(16-24(32)19-37)30(39)35-25-13-11-22(27(33)17-25)12-14-29(38)34-20(2)41-31(40)36-28-10-6-8-21-7-4-5-9-26(21)28/h4-11,13,16-20H,3,12,14-15H2,1-2H3,(H2-,34,35,36,38,39,40)/p+1. The third kappa shape index (κ3) is 8.52. The first-order valence-electron chi connectivity index (χ1n) is 13.3. The second kappa shape index (κ2) is 14.1. The molecular formula is C31H31BrClN4O4+. The minimum absolute atomic E-state index is 0.138. The van der Waals surface area contributed by atoms with E-state index >= 15 is 0 Å². The Hall–Kier alpha value is -3.95. The van der Waals surface area contributed by atoms with E-state index in [1.807, 2.05) is 47.2 Å². The molecule has 0 radical (unpaired) electrons. The van der Waals surface area contributed by atoms with Gasteiger partial charge < -0.3 is 15.4 Å². The van der Waals surface area contributed by atoms with E-state index in [0.717, 1.165) is 33.8 Å². The van der Waals surface area contributed by atoms with Gasteiger partial charge in [0.1, 0.15) is 12.1 Å². The van der Waals surface area contributed by atoms with Crippen LogP contribution in [0.3, 0.4) is 0 Å². The summed E-state index contributed by atoms with van der Waals surface area (Å²) in [6.07, 6.45) is 3.68. The van der Waals surface area contributed by atoms with Crippen molar-refractivity contribution < 1.29 is 23.7 Å². The summed E-state index contributed by atoms with van der Waals surface area (Å²) in [6, 6.07) is 20.2. The van der Waals surface area contributed by atoms with Gasteiger partial charge in [-0.2, -0.15) is 0 Å². The zero-order valence-corrected chi connectivity index (χ0v) is 25.1. The Bertz CT molecular complexity index is 1570. The van der Waals surface area contributed by atoms with E-state index in [1.54, 1.807) is 43.5 Å². The predicted molar refractivity (Wildman–Crippen MR) is 164 cm³/mol. The number of carbonyl (C=O) groups excluding carboxylic acids is 3. The molecule has 3 aromatic carbocycles. The van der Waals surface area contributed by atoms with Crippen LogP contribution in [0.25, 0.3) is 10.8 Å². The van der Waals surface area contributed by atoms with Crippen LogP contribution in [0.15, 0.2) is 83.6 Å². The van der Waals surface area contributed by atoms with Crippen LogP contribution in [0.4, 0.5) is 16.2 Å². The second-order valence-corrected chi connectivity index (χ2v) is 10.8. The SMILES string of the molecule is CCC[n+]1cc(Br)cc(C(=O)Nc2ccc(CCC(=O)NC(C)OC(=O)Nc3cccc4ccccc34)c(Cl)c2)c1. The molecular weight excluding hydrogens is 608 g/mol. The zero-order valence-electron chi connectivity index (χ0n) is 22.7. The largest absolute Gasteiger partial charge is 0.426 e. The summed E-state index contributed by atoms with van der Waals surface area (Å²) in [5.74, 6) is -0.545. The van der Waals surface area contributed by atoms with Gasteiger partial charge in [-0.1, -0.05) is 61.0 Å². The van der Waals surface area contributed by atoms with Crippen molar-refractivity contribution in [2.75, 3.05) is 10.6 Å². The molecule has 8 nitrogen and oxygen atoms in total. The fourth-order valence-electron chi connectivity index (χ4n) is 4.35. The molecule has 0 spiro atoms. The van der Waals surface area contributed by atoms with Crippen molar-refractivity contribution in [3.8, 4) is 0 Å². The van der Waals surface area contributed by atoms with Gasteiger partial charge in [0.25, 0.3) is 5.91 Å². The number of carbonyl (C=O) groups is 3. The number of amides is 3. The Labute approximate surface area is 252 Å². The lowest BCUT2D eigenvalue weighted by atomic mass is 10.1. The molecule has 0 saturated heterocycles. The molecule has 3 N–H and O–H groups in total. The third-order valence-corrected chi connectivity index (χ3v) is 7.02. The molecule has 0 bridgehead atoms. The van der Waals surface area contributed by atoms with Crippen LogP contribution in [0, 0.1) is 0 Å². The first-order chi connectivity index (χ1) is 19.7. The van der Waals surface area contributed by atoms with Gasteiger partial charge in [0.05, 0.1) is 10.2 Å². The monoisotopic (exact) mass is 637 g/mol. The molecule has 0 saturated carbocycles. The minimum Gasteiger partial charge on any atom is -0.426 e. The molecule has 3 amide bonds. The van der Waals surface area contributed by atoms with Gasteiger partial charge in [0, 0.05) is 28.9 Å². The van der Waals surface area contributed by atoms with Crippen molar-refractivity contribution in [3.05, 3.63) is 99.7 Å². The lowest BCUT2D eigenvalue weighted by Gasteiger charge is -2.16. The Morgan fingerprint density at radius 1 is 1.00 bits per heavy atom. The lowest BCUT2D eigenvalue weighted by molar-refractivity contribution is -0.697. The summed E-state index contributed by atoms with van der Waals surface area (Å²) in [5, 5.41) is 10.6. The number of rotatable bonds is 10. The number of aryl methyl sites for hydroxylation is 2. The first-order valence-corrected chi connectivity index (χ1v) is 14.4. The van der Waals surface area contributed by atoms with Gasteiger partial charge in [0.2, 0.25) is 5.91 Å². The van der Waals surface area contributed by atoms with E-state index in [-0.39, 0.29) is 18.2 Å². The number of nitrogens with zero attached hydrogens (tertiary/aromatic N) is 1. The van der Waals surface area contributed by atoms with Gasteiger partial charge in [0.15, 0.2) is 18.6 Å². The van der Waals surface area contributed by atoms with E-state index in [0.29, 0.717) is 28.4 Å². The topological polar surface area (TPSA) is 100 Å². The number of fused-ring (bicyclic) bond motifs is 1. The van der Waals surface area contributed by atoms with Crippen LogP contribution in [0.1, 0.15) is 42.6 Å². The maximum absolute atomic E-state index is 12.8. The normalized spacial score (nSPS) is 11.5. The Kier molecular flexibility index (Phi) is 10.3. The fraction of sp³-hybridized carbons (Fsp3) is 0.226. The van der Waals surface area contributed by atoms with Crippen LogP contribution in [-0.4, -0.2) is 24.1 Å². The number of anilines is 2. The molecule has 4 rings (SSSR count). The van der Waals surface area contributed by atoms with Gasteiger partial charge in [-0.05, 0) is 64.5 Å². The highest BCUT2D eigenvalue weighted by Crippen LogP contribution is 2.24. The van der Waals surface area contributed by atoms with Gasteiger partial charge in [-0.25, -0.2) is 9.36 Å². The van der Waals surface area contributed by atoms with Crippen LogP contribution in [0.5, 0.6) is 0 Å². The predicted octanol–water partition coefficient (Wildman–Crippen LogP) is 6.85. The van der Waals surface area contributed by atoms with Crippen molar-refractivity contribution in [3.63, 3.8) is 0 Å². The average molecular weight is 639 g/mol. The van der Waals surface area contributed by atoms with Crippen LogP contribution in [-0.2, 0) is 22.5 Å². The summed E-state index contributed by atoms with van der Waals surface area (Å²) in [7, 11) is 0. The van der Waals surface area contributed by atoms with Crippen molar-refractivity contribution in [1.82, 2.24) is 5.32 Å². The summed E-state index contributed by atoms with van der Waals surface area (Å²) < 4.78 is 8.09. The smallest absolute Gasteiger partial charge is 0.413 e. The Morgan fingerprint density at radius 2 is 1.78 bits per heavy atom. The molecule has 41 heavy (non-hydrogen) atoms. The molecule has 0 fully saturated rings. The van der Waals surface area contributed by atoms with E-state index < -0.39 is 12.3 Å². The molecule has 1 aromatic heterocycles. The zero-order chi connectivity index (χ0) is 29.4. The van der Waals surface area contributed by atoms with Crippen molar-refractivity contribution in [2.24, 2.45) is 0 Å². The number of nitrogens with one attached hydrogen (secondary N) is 3. The number of halogens is 2. The minimum atomic E-state index is -0.834. The van der Waals surface area contributed by atoms with Gasteiger partial charge in [-0.15, -0.1) is 0 Å². The quantitative estimate of drug-likeness (QED) is 0.131. The average Bonchev–Trinajstić information content (AvgIpc) is 2.92. The van der Waals surface area contributed by atoms with Gasteiger partial charge in [-0.3, -0.25) is 14.9 Å². The number of benzene rings is 3. The highest BCUT2D eigenvalue weighted by Gasteiger charge is 2.16. The summed E-state index contributed by atoms with van der Waals surface area (Å²) in [5.41, 5.74) is 2.45. The summed E-state index contributed by atoms with van der Waals surface area (Å²) in [4.78, 5) is 37.7. The molecule has 1 unspecified atom stereocenters. The lowest BCUT2D eigenvalue weighted by Crippen LogP contribution is -2.37. The first kappa shape index (κ1) is 30.0.